The van der Waals surface area contributed by atoms with Gasteiger partial charge < -0.3 is 14.8 Å². The van der Waals surface area contributed by atoms with E-state index < -0.39 is 0 Å². The number of ether oxygens (including phenoxy) is 2. The van der Waals surface area contributed by atoms with Crippen LogP contribution in [-0.4, -0.2) is 39.5 Å². The van der Waals surface area contributed by atoms with Gasteiger partial charge in [-0.05, 0) is 68.5 Å². The number of carbonyl (C=O) groups excluding carboxylic acids is 1. The molecule has 0 bridgehead atoms. The van der Waals surface area contributed by atoms with E-state index in [0.717, 1.165) is 27.7 Å². The Hall–Kier alpha value is -3.26. The van der Waals surface area contributed by atoms with E-state index >= 15 is 0 Å². The molecule has 0 saturated heterocycles. The van der Waals surface area contributed by atoms with E-state index in [-0.39, 0.29) is 11.7 Å². The van der Waals surface area contributed by atoms with Gasteiger partial charge in [0.1, 0.15) is 11.5 Å². The molecular formula is C24H26N4O3S. The molecule has 32 heavy (non-hydrogen) atoms. The zero-order valence-electron chi connectivity index (χ0n) is 18.6. The number of aryl methyl sites for hydroxylation is 2. The van der Waals surface area contributed by atoms with Crippen molar-refractivity contribution in [2.75, 3.05) is 24.3 Å². The Labute approximate surface area is 191 Å². The van der Waals surface area contributed by atoms with E-state index in [4.69, 9.17) is 9.47 Å². The molecule has 0 aliphatic rings. The number of amides is 1. The lowest BCUT2D eigenvalue weighted by molar-refractivity contribution is -0.113. The van der Waals surface area contributed by atoms with Gasteiger partial charge in [0.2, 0.25) is 5.91 Å². The molecule has 0 spiro atoms. The highest BCUT2D eigenvalue weighted by atomic mass is 32.2. The first kappa shape index (κ1) is 22.0. The van der Waals surface area contributed by atoms with Crippen LogP contribution in [0, 0.1) is 13.8 Å². The van der Waals surface area contributed by atoms with Crippen molar-refractivity contribution in [1.82, 2.24) is 14.6 Å². The summed E-state index contributed by atoms with van der Waals surface area (Å²) in [6, 6.07) is 13.8. The number of carbonyl (C=O) groups is 1. The monoisotopic (exact) mass is 450 g/mol. The lowest BCUT2D eigenvalue weighted by Crippen LogP contribution is -2.15. The van der Waals surface area contributed by atoms with Crippen LogP contribution in [0.25, 0.3) is 16.6 Å². The van der Waals surface area contributed by atoms with E-state index in [9.17, 15) is 4.79 Å². The maximum atomic E-state index is 12.8. The SMILES string of the molecule is CCOc1ccc(OCC)c(NC(=O)CSc2nnc3c(C)cc4ccc(C)cc4n23)c1. The first-order chi connectivity index (χ1) is 15.5. The second-order valence-electron chi connectivity index (χ2n) is 7.39. The normalized spacial score (nSPS) is 11.1. The number of aromatic nitrogens is 3. The minimum absolute atomic E-state index is 0.158. The van der Waals surface area contributed by atoms with E-state index in [1.165, 1.54) is 11.8 Å². The van der Waals surface area contributed by atoms with Crippen LogP contribution in [0.15, 0.2) is 47.6 Å². The Morgan fingerprint density at radius 3 is 2.62 bits per heavy atom. The predicted octanol–water partition coefficient (Wildman–Crippen LogP) is 5.03. The summed E-state index contributed by atoms with van der Waals surface area (Å²) in [7, 11) is 0. The zero-order valence-corrected chi connectivity index (χ0v) is 19.5. The van der Waals surface area contributed by atoms with Gasteiger partial charge in [0.15, 0.2) is 10.8 Å². The van der Waals surface area contributed by atoms with Crippen molar-refractivity contribution in [2.45, 2.75) is 32.9 Å². The van der Waals surface area contributed by atoms with Gasteiger partial charge in [-0.15, -0.1) is 10.2 Å². The third-order valence-corrected chi connectivity index (χ3v) is 5.88. The summed E-state index contributed by atoms with van der Waals surface area (Å²) in [5.74, 6) is 1.32. The third kappa shape index (κ3) is 4.50. The molecule has 0 saturated carbocycles. The number of pyridine rings is 1. The van der Waals surface area contributed by atoms with Crippen LogP contribution in [-0.2, 0) is 4.79 Å². The van der Waals surface area contributed by atoms with Gasteiger partial charge in [-0.25, -0.2) is 0 Å². The Morgan fingerprint density at radius 1 is 1.03 bits per heavy atom. The summed E-state index contributed by atoms with van der Waals surface area (Å²) in [6.07, 6.45) is 0. The number of nitrogens with one attached hydrogen (secondary N) is 1. The summed E-state index contributed by atoms with van der Waals surface area (Å²) >= 11 is 1.35. The third-order valence-electron chi connectivity index (χ3n) is 4.95. The number of anilines is 1. The van der Waals surface area contributed by atoms with Crippen molar-refractivity contribution in [1.29, 1.82) is 0 Å². The minimum Gasteiger partial charge on any atom is -0.494 e. The molecule has 0 radical (unpaired) electrons. The van der Waals surface area contributed by atoms with Crippen LogP contribution in [0.5, 0.6) is 11.5 Å². The molecule has 1 N–H and O–H groups in total. The summed E-state index contributed by atoms with van der Waals surface area (Å²) in [6.45, 7) is 8.95. The first-order valence-corrected chi connectivity index (χ1v) is 11.6. The molecular weight excluding hydrogens is 424 g/mol. The molecule has 2 aromatic heterocycles. The number of rotatable bonds is 8. The number of benzene rings is 2. The molecule has 4 rings (SSSR count). The fraction of sp³-hybridized carbons (Fsp3) is 0.292. The first-order valence-electron chi connectivity index (χ1n) is 10.6. The summed E-state index contributed by atoms with van der Waals surface area (Å²) < 4.78 is 13.2. The molecule has 166 valence electrons. The Balaban J connectivity index is 1.57. The van der Waals surface area contributed by atoms with Crippen LogP contribution >= 0.6 is 11.8 Å². The maximum Gasteiger partial charge on any atom is 0.234 e. The molecule has 0 unspecified atom stereocenters. The average Bonchev–Trinajstić information content (AvgIpc) is 3.20. The van der Waals surface area contributed by atoms with E-state index in [1.807, 2.05) is 31.2 Å². The van der Waals surface area contributed by atoms with Crippen LogP contribution in [0.1, 0.15) is 25.0 Å². The molecule has 2 heterocycles. The molecule has 8 heteroatoms. The van der Waals surface area contributed by atoms with Crippen LogP contribution < -0.4 is 14.8 Å². The molecule has 7 nitrogen and oxygen atoms in total. The minimum atomic E-state index is -0.158. The molecule has 4 aromatic rings. The van der Waals surface area contributed by atoms with Crippen molar-refractivity contribution >= 4 is 39.9 Å². The van der Waals surface area contributed by atoms with Crippen molar-refractivity contribution < 1.29 is 14.3 Å². The van der Waals surface area contributed by atoms with Crippen molar-refractivity contribution in [3.05, 3.63) is 53.6 Å². The Bertz CT molecular complexity index is 1290. The smallest absolute Gasteiger partial charge is 0.234 e. The van der Waals surface area contributed by atoms with Crippen LogP contribution in [0.2, 0.25) is 0 Å². The largest absolute Gasteiger partial charge is 0.494 e. The van der Waals surface area contributed by atoms with Gasteiger partial charge in [0.05, 0.1) is 30.2 Å². The van der Waals surface area contributed by atoms with Crippen molar-refractivity contribution in [2.24, 2.45) is 0 Å². The highest BCUT2D eigenvalue weighted by Crippen LogP contribution is 2.30. The van der Waals surface area contributed by atoms with Gasteiger partial charge in [0.25, 0.3) is 0 Å². The van der Waals surface area contributed by atoms with Gasteiger partial charge >= 0.3 is 0 Å². The second-order valence-corrected chi connectivity index (χ2v) is 8.33. The number of nitrogens with zero attached hydrogens (tertiary/aromatic N) is 3. The molecule has 1 amide bonds. The number of fused-ring (bicyclic) bond motifs is 3. The van der Waals surface area contributed by atoms with E-state index in [1.54, 1.807) is 12.1 Å². The maximum absolute atomic E-state index is 12.8. The fourth-order valence-corrected chi connectivity index (χ4v) is 4.31. The van der Waals surface area contributed by atoms with Crippen molar-refractivity contribution in [3.8, 4) is 11.5 Å². The van der Waals surface area contributed by atoms with Gasteiger partial charge in [0, 0.05) is 6.07 Å². The highest BCUT2D eigenvalue weighted by Gasteiger charge is 2.15. The lowest BCUT2D eigenvalue weighted by atomic mass is 10.1. The van der Waals surface area contributed by atoms with Gasteiger partial charge in [-0.2, -0.15) is 0 Å². The number of hydrogen-bond donors (Lipinski definition) is 1. The number of hydrogen-bond acceptors (Lipinski definition) is 6. The Kier molecular flexibility index (Phi) is 6.50. The predicted molar refractivity (Wildman–Crippen MR) is 128 cm³/mol. The topological polar surface area (TPSA) is 77.8 Å². The fourth-order valence-electron chi connectivity index (χ4n) is 3.56. The van der Waals surface area contributed by atoms with E-state index in [0.29, 0.717) is 35.6 Å². The summed E-state index contributed by atoms with van der Waals surface area (Å²) in [4.78, 5) is 12.8. The quantitative estimate of drug-likeness (QED) is 0.380. The molecule has 0 aliphatic carbocycles. The molecule has 0 atom stereocenters. The second kappa shape index (κ2) is 9.48. The summed E-state index contributed by atoms with van der Waals surface area (Å²) in [5, 5.41) is 13.4. The van der Waals surface area contributed by atoms with Gasteiger partial charge in [-0.1, -0.05) is 23.9 Å². The van der Waals surface area contributed by atoms with Crippen LogP contribution in [0.4, 0.5) is 5.69 Å². The Morgan fingerprint density at radius 2 is 1.84 bits per heavy atom. The lowest BCUT2D eigenvalue weighted by Gasteiger charge is -2.13. The molecule has 2 aromatic carbocycles. The standard InChI is InChI=1S/C24H26N4O3S/c1-5-30-18-9-10-21(31-6-2)19(13-18)25-22(29)14-32-24-27-26-23-16(4)12-17-8-7-15(3)11-20(17)28(23)24/h7-13H,5-6,14H2,1-4H3,(H,25,29). The van der Waals surface area contributed by atoms with Crippen molar-refractivity contribution in [3.63, 3.8) is 0 Å². The molecule has 0 fully saturated rings. The van der Waals surface area contributed by atoms with Crippen LogP contribution in [0.3, 0.4) is 0 Å². The average molecular weight is 451 g/mol. The summed E-state index contributed by atoms with van der Waals surface area (Å²) in [5.41, 5.74) is 4.61. The molecule has 0 aliphatic heterocycles. The zero-order chi connectivity index (χ0) is 22.7. The van der Waals surface area contributed by atoms with Gasteiger partial charge in [-0.3, -0.25) is 9.20 Å². The van der Waals surface area contributed by atoms with E-state index in [2.05, 4.69) is 46.7 Å². The highest BCUT2D eigenvalue weighted by molar-refractivity contribution is 7.99. The number of thioether (sulfide) groups is 1.